The van der Waals surface area contributed by atoms with Gasteiger partial charge in [-0.2, -0.15) is 0 Å². The zero-order valence-corrected chi connectivity index (χ0v) is 17.4. The molecule has 4 rings (SSSR count). The molecule has 3 fully saturated rings. The number of carbonyl (C=O) groups excluding carboxylic acids is 1. The van der Waals surface area contributed by atoms with Crippen LogP contribution < -0.4 is 4.74 Å². The number of hydrogen-bond acceptors (Lipinski definition) is 4. The van der Waals surface area contributed by atoms with Crippen LogP contribution in [0, 0.1) is 0 Å². The SMILES string of the molecule is CC(C)=CCOc1ccc(/C=C2\CN(C)[C@@H]3CN2C2(CCC(=O)CC2)C3)cc1. The van der Waals surface area contributed by atoms with E-state index in [9.17, 15) is 4.79 Å². The molecule has 28 heavy (non-hydrogen) atoms. The van der Waals surface area contributed by atoms with E-state index in [0.29, 0.717) is 18.4 Å². The number of ether oxygens (including phenoxy) is 1. The predicted molar refractivity (Wildman–Crippen MR) is 113 cm³/mol. The molecule has 1 aromatic carbocycles. The van der Waals surface area contributed by atoms with Crippen LogP contribution in [0.25, 0.3) is 6.08 Å². The monoisotopic (exact) mass is 380 g/mol. The second-order valence-electron chi connectivity index (χ2n) is 8.94. The number of nitrogens with zero attached hydrogens (tertiary/aromatic N) is 2. The number of allylic oxidation sites excluding steroid dienone is 1. The van der Waals surface area contributed by atoms with E-state index in [2.05, 4.69) is 67.1 Å². The Morgan fingerprint density at radius 3 is 2.61 bits per heavy atom. The van der Waals surface area contributed by atoms with Gasteiger partial charge in [0, 0.05) is 43.2 Å². The fourth-order valence-electron chi connectivity index (χ4n) is 4.95. The summed E-state index contributed by atoms with van der Waals surface area (Å²) in [6, 6.07) is 9.02. The van der Waals surface area contributed by atoms with Gasteiger partial charge in [-0.1, -0.05) is 17.7 Å². The minimum atomic E-state index is 0.197. The molecule has 1 spiro atoms. The molecule has 2 aliphatic heterocycles. The van der Waals surface area contributed by atoms with E-state index in [0.717, 1.165) is 44.5 Å². The van der Waals surface area contributed by atoms with Crippen molar-refractivity contribution in [2.24, 2.45) is 0 Å². The highest BCUT2D eigenvalue weighted by molar-refractivity contribution is 5.79. The van der Waals surface area contributed by atoms with Gasteiger partial charge in [0.1, 0.15) is 18.1 Å². The molecule has 150 valence electrons. The van der Waals surface area contributed by atoms with Crippen LogP contribution in [0.5, 0.6) is 5.75 Å². The third kappa shape index (κ3) is 3.88. The number of likely N-dealkylation sites (N-methyl/N-ethyl adjacent to an activating group) is 1. The second kappa shape index (κ2) is 7.75. The van der Waals surface area contributed by atoms with E-state index in [4.69, 9.17) is 4.74 Å². The molecule has 1 atom stereocenters. The van der Waals surface area contributed by atoms with Crippen LogP contribution in [-0.2, 0) is 4.79 Å². The number of hydrogen-bond donors (Lipinski definition) is 0. The first-order chi connectivity index (χ1) is 13.4. The van der Waals surface area contributed by atoms with Crippen molar-refractivity contribution in [1.29, 1.82) is 0 Å². The normalized spacial score (nSPS) is 25.4. The minimum Gasteiger partial charge on any atom is -0.490 e. The summed E-state index contributed by atoms with van der Waals surface area (Å²) < 4.78 is 5.78. The van der Waals surface area contributed by atoms with E-state index in [-0.39, 0.29) is 5.54 Å². The lowest BCUT2D eigenvalue weighted by Crippen LogP contribution is -2.49. The molecule has 0 unspecified atom stereocenters. The summed E-state index contributed by atoms with van der Waals surface area (Å²) in [6.07, 6.45) is 9.15. The van der Waals surface area contributed by atoms with Gasteiger partial charge in [-0.3, -0.25) is 9.69 Å². The molecule has 4 heteroatoms. The van der Waals surface area contributed by atoms with Crippen LogP contribution >= 0.6 is 0 Å². The highest BCUT2D eigenvalue weighted by atomic mass is 16.5. The van der Waals surface area contributed by atoms with Gasteiger partial charge in [-0.05, 0) is 70.0 Å². The lowest BCUT2D eigenvalue weighted by atomic mass is 9.78. The van der Waals surface area contributed by atoms with Crippen LogP contribution in [0.2, 0.25) is 0 Å². The third-order valence-corrected chi connectivity index (χ3v) is 6.66. The number of Topliss-reactive ketones (excluding diaryl/α,β-unsaturated/α-hetero) is 1. The highest BCUT2D eigenvalue weighted by Crippen LogP contribution is 2.46. The van der Waals surface area contributed by atoms with Gasteiger partial charge < -0.3 is 9.64 Å². The zero-order chi connectivity index (χ0) is 19.7. The Bertz CT molecular complexity index is 779. The molecule has 0 amide bonds. The van der Waals surface area contributed by atoms with Crippen LogP contribution in [0.15, 0.2) is 41.6 Å². The molecule has 0 aromatic heterocycles. The molecule has 0 N–H and O–H groups in total. The first-order valence-corrected chi connectivity index (χ1v) is 10.5. The number of fused-ring (bicyclic) bond motifs is 3. The quantitative estimate of drug-likeness (QED) is 0.730. The molecule has 4 nitrogen and oxygen atoms in total. The Kier molecular flexibility index (Phi) is 5.33. The van der Waals surface area contributed by atoms with Crippen molar-refractivity contribution in [3.63, 3.8) is 0 Å². The smallest absolute Gasteiger partial charge is 0.133 e. The van der Waals surface area contributed by atoms with E-state index < -0.39 is 0 Å². The summed E-state index contributed by atoms with van der Waals surface area (Å²) in [5.41, 5.74) is 4.07. The van der Waals surface area contributed by atoms with Gasteiger partial charge in [-0.25, -0.2) is 0 Å². The topological polar surface area (TPSA) is 32.8 Å². The molecular weight excluding hydrogens is 348 g/mol. The summed E-state index contributed by atoms with van der Waals surface area (Å²) in [4.78, 5) is 17.0. The Labute approximate surface area is 168 Å². The van der Waals surface area contributed by atoms with Crippen molar-refractivity contribution in [3.05, 3.63) is 47.2 Å². The Balaban J connectivity index is 1.51. The zero-order valence-electron chi connectivity index (χ0n) is 17.4. The van der Waals surface area contributed by atoms with E-state index in [1.54, 1.807) is 0 Å². The summed E-state index contributed by atoms with van der Waals surface area (Å²) in [5, 5.41) is 0. The molecular formula is C24H32N2O2. The molecule has 1 saturated carbocycles. The second-order valence-corrected chi connectivity index (χ2v) is 8.94. The first kappa shape index (κ1) is 19.3. The third-order valence-electron chi connectivity index (χ3n) is 6.66. The van der Waals surface area contributed by atoms with Crippen LogP contribution in [0.3, 0.4) is 0 Å². The van der Waals surface area contributed by atoms with Crippen LogP contribution in [0.4, 0.5) is 0 Å². The van der Waals surface area contributed by atoms with Crippen molar-refractivity contribution in [2.75, 3.05) is 26.7 Å². The predicted octanol–water partition coefficient (Wildman–Crippen LogP) is 4.27. The van der Waals surface area contributed by atoms with Crippen molar-refractivity contribution in [2.45, 2.75) is 57.5 Å². The van der Waals surface area contributed by atoms with E-state index in [1.807, 2.05) is 0 Å². The van der Waals surface area contributed by atoms with Gasteiger partial charge in [0.2, 0.25) is 0 Å². The standard InChI is InChI=1S/C24H32N2O2/c1-18(2)10-13-28-23-6-4-19(5-7-23)14-20-16-25(3)21-15-24(26(20)17-21)11-8-22(27)9-12-24/h4-7,10,14,21H,8-9,11-13,15-17H2,1-3H3/b20-14+/t21-/m0/s1. The average molecular weight is 381 g/mol. The van der Waals surface area contributed by atoms with Crippen LogP contribution in [-0.4, -0.2) is 53.9 Å². The van der Waals surface area contributed by atoms with Gasteiger partial charge in [0.05, 0.1) is 0 Å². The number of ketones is 1. The largest absolute Gasteiger partial charge is 0.490 e. The number of rotatable bonds is 4. The van der Waals surface area contributed by atoms with Gasteiger partial charge in [-0.15, -0.1) is 0 Å². The van der Waals surface area contributed by atoms with Gasteiger partial charge >= 0.3 is 0 Å². The minimum absolute atomic E-state index is 0.197. The Hall–Kier alpha value is -2.07. The van der Waals surface area contributed by atoms with Crippen molar-refractivity contribution < 1.29 is 9.53 Å². The fourth-order valence-corrected chi connectivity index (χ4v) is 4.95. The van der Waals surface area contributed by atoms with Crippen molar-refractivity contribution in [3.8, 4) is 5.75 Å². The van der Waals surface area contributed by atoms with Gasteiger partial charge in [0.15, 0.2) is 0 Å². The number of piperazine rings is 1. The summed E-state index contributed by atoms with van der Waals surface area (Å²) in [6.45, 7) is 6.86. The molecule has 2 heterocycles. The molecule has 0 radical (unpaired) electrons. The Morgan fingerprint density at radius 1 is 1.21 bits per heavy atom. The summed E-state index contributed by atoms with van der Waals surface area (Å²) >= 11 is 0. The number of carbonyl (C=O) groups is 1. The molecule has 1 aromatic rings. The molecule has 3 aliphatic rings. The average Bonchev–Trinajstić information content (AvgIpc) is 2.99. The van der Waals surface area contributed by atoms with Crippen molar-refractivity contribution in [1.82, 2.24) is 9.80 Å². The maximum atomic E-state index is 11.8. The lowest BCUT2D eigenvalue weighted by molar-refractivity contribution is -0.122. The summed E-state index contributed by atoms with van der Waals surface area (Å²) in [7, 11) is 2.24. The van der Waals surface area contributed by atoms with Crippen LogP contribution in [0.1, 0.15) is 51.5 Å². The lowest BCUT2D eigenvalue weighted by Gasteiger charge is -2.44. The van der Waals surface area contributed by atoms with E-state index >= 15 is 0 Å². The van der Waals surface area contributed by atoms with E-state index in [1.165, 1.54) is 23.3 Å². The van der Waals surface area contributed by atoms with Crippen molar-refractivity contribution >= 4 is 11.9 Å². The van der Waals surface area contributed by atoms with Gasteiger partial charge in [0.25, 0.3) is 0 Å². The highest BCUT2D eigenvalue weighted by Gasteiger charge is 2.51. The first-order valence-electron chi connectivity index (χ1n) is 10.5. The summed E-state index contributed by atoms with van der Waals surface area (Å²) in [5.74, 6) is 1.35. The number of benzene rings is 1. The molecule has 2 saturated heterocycles. The maximum absolute atomic E-state index is 11.8. The Morgan fingerprint density at radius 2 is 1.93 bits per heavy atom. The molecule has 2 bridgehead atoms. The maximum Gasteiger partial charge on any atom is 0.133 e. The molecule has 1 aliphatic carbocycles. The fraction of sp³-hybridized carbons (Fsp3) is 0.542.